The van der Waals surface area contributed by atoms with Gasteiger partial charge < -0.3 is 14.9 Å². The van der Waals surface area contributed by atoms with Gasteiger partial charge in [0.1, 0.15) is 12.1 Å². The Morgan fingerprint density at radius 2 is 1.63 bits per heavy atom. The molecule has 0 aliphatic carbocycles. The Morgan fingerprint density at radius 1 is 1.07 bits per heavy atom. The quantitative estimate of drug-likeness (QED) is 0.742. The number of carbonyl (C=O) groups is 1. The number of ether oxygens (including phenoxy) is 1. The minimum Gasteiger partial charge on any atom is -0.480 e. The lowest BCUT2D eigenvalue weighted by Gasteiger charge is -2.16. The van der Waals surface area contributed by atoms with Gasteiger partial charge in [-0.3, -0.25) is 10.1 Å². The lowest BCUT2D eigenvalue weighted by molar-refractivity contribution is -0.142. The van der Waals surface area contributed by atoms with E-state index in [0.717, 1.165) is 23.3 Å². The molecule has 5 nitrogen and oxygen atoms in total. The SMILES string of the molecule is O=C(O)[C@@H]1NC[C@H](OCc2ccc(-c3ccc(C(F)(F)F)cc3)cc2)[C@H]1O. The fourth-order valence-electron chi connectivity index (χ4n) is 2.94. The van der Waals surface area contributed by atoms with E-state index in [4.69, 9.17) is 9.84 Å². The van der Waals surface area contributed by atoms with E-state index < -0.39 is 36.0 Å². The number of aliphatic hydroxyl groups is 1. The Bertz CT molecular complexity index is 790. The number of benzene rings is 2. The summed E-state index contributed by atoms with van der Waals surface area (Å²) in [5.74, 6) is -1.13. The highest BCUT2D eigenvalue weighted by atomic mass is 19.4. The van der Waals surface area contributed by atoms with Crippen molar-refractivity contribution in [2.75, 3.05) is 6.54 Å². The minimum atomic E-state index is -4.36. The van der Waals surface area contributed by atoms with Crippen molar-refractivity contribution in [1.82, 2.24) is 5.32 Å². The van der Waals surface area contributed by atoms with Crippen LogP contribution < -0.4 is 5.32 Å². The summed E-state index contributed by atoms with van der Waals surface area (Å²) in [6.45, 7) is 0.421. The number of aliphatic hydroxyl groups excluding tert-OH is 1. The number of alkyl halides is 3. The van der Waals surface area contributed by atoms with Crippen molar-refractivity contribution in [2.24, 2.45) is 0 Å². The predicted octanol–water partition coefficient (Wildman–Crippen LogP) is 2.67. The van der Waals surface area contributed by atoms with E-state index in [1.54, 1.807) is 24.3 Å². The summed E-state index contributed by atoms with van der Waals surface area (Å²) in [6.07, 6.45) is -6.12. The number of rotatable bonds is 5. The van der Waals surface area contributed by atoms with E-state index in [0.29, 0.717) is 5.56 Å². The van der Waals surface area contributed by atoms with Crippen LogP contribution in [-0.4, -0.2) is 41.0 Å². The Morgan fingerprint density at radius 3 is 2.11 bits per heavy atom. The summed E-state index contributed by atoms with van der Waals surface area (Å²) in [5, 5.41) is 21.6. The Kier molecular flexibility index (Phi) is 5.50. The summed E-state index contributed by atoms with van der Waals surface area (Å²) >= 11 is 0. The molecule has 0 amide bonds. The molecule has 8 heteroatoms. The number of carboxylic acid groups (broad SMARTS) is 1. The summed E-state index contributed by atoms with van der Waals surface area (Å²) in [6, 6.07) is 11.0. The molecular formula is C19H18F3NO4. The van der Waals surface area contributed by atoms with Crippen LogP contribution in [0.1, 0.15) is 11.1 Å². The number of hydrogen-bond acceptors (Lipinski definition) is 4. The maximum absolute atomic E-state index is 12.6. The molecule has 3 N–H and O–H groups in total. The fourth-order valence-corrected chi connectivity index (χ4v) is 2.94. The average Bonchev–Trinajstić information content (AvgIpc) is 3.01. The van der Waals surface area contributed by atoms with E-state index in [1.807, 2.05) is 0 Å². The van der Waals surface area contributed by atoms with Crippen LogP contribution in [0.25, 0.3) is 11.1 Å². The maximum Gasteiger partial charge on any atom is 0.416 e. The van der Waals surface area contributed by atoms with Gasteiger partial charge in [-0.15, -0.1) is 0 Å². The molecule has 0 aromatic heterocycles. The molecule has 1 saturated heterocycles. The molecule has 1 aliphatic heterocycles. The van der Waals surface area contributed by atoms with Crippen molar-refractivity contribution in [1.29, 1.82) is 0 Å². The maximum atomic E-state index is 12.6. The molecule has 144 valence electrons. The summed E-state index contributed by atoms with van der Waals surface area (Å²) in [4.78, 5) is 10.9. The highest BCUT2D eigenvalue weighted by Crippen LogP contribution is 2.31. The molecule has 0 radical (unpaired) electrons. The second-order valence-electron chi connectivity index (χ2n) is 6.34. The topological polar surface area (TPSA) is 78.8 Å². The van der Waals surface area contributed by atoms with Gasteiger partial charge in [-0.25, -0.2) is 0 Å². The standard InChI is InChI=1S/C19H18F3NO4/c20-19(21,22)14-7-5-13(6-8-14)12-3-1-11(2-4-12)10-27-15-9-23-16(17(15)24)18(25)26/h1-8,15-17,23-24H,9-10H2,(H,25,26)/t15-,16+,17+/m0/s1. The molecule has 3 atom stereocenters. The Hall–Kier alpha value is -2.42. The third-order valence-electron chi connectivity index (χ3n) is 4.49. The van der Waals surface area contributed by atoms with Crippen molar-refractivity contribution in [3.63, 3.8) is 0 Å². The van der Waals surface area contributed by atoms with E-state index in [9.17, 15) is 23.1 Å². The first kappa shape index (κ1) is 19.3. The van der Waals surface area contributed by atoms with Gasteiger partial charge in [-0.2, -0.15) is 13.2 Å². The van der Waals surface area contributed by atoms with Gasteiger partial charge in [0.15, 0.2) is 0 Å². The second kappa shape index (κ2) is 7.67. The minimum absolute atomic E-state index is 0.184. The highest BCUT2D eigenvalue weighted by Gasteiger charge is 2.39. The van der Waals surface area contributed by atoms with Crippen molar-refractivity contribution >= 4 is 5.97 Å². The molecule has 1 fully saturated rings. The van der Waals surface area contributed by atoms with Crippen molar-refractivity contribution < 1.29 is 32.9 Å². The molecule has 0 spiro atoms. The normalized spacial score (nSPS) is 22.7. The molecule has 2 aromatic rings. The predicted molar refractivity (Wildman–Crippen MR) is 90.9 cm³/mol. The number of hydrogen-bond donors (Lipinski definition) is 3. The van der Waals surface area contributed by atoms with Gasteiger partial charge in [0.25, 0.3) is 0 Å². The number of carboxylic acids is 1. The van der Waals surface area contributed by atoms with Crippen LogP contribution >= 0.6 is 0 Å². The van der Waals surface area contributed by atoms with Crippen molar-refractivity contribution in [3.05, 3.63) is 59.7 Å². The second-order valence-corrected chi connectivity index (χ2v) is 6.34. The van der Waals surface area contributed by atoms with E-state index in [1.165, 1.54) is 12.1 Å². The summed E-state index contributed by atoms with van der Waals surface area (Å²) in [7, 11) is 0. The van der Waals surface area contributed by atoms with Gasteiger partial charge in [-0.05, 0) is 28.8 Å². The Labute approximate surface area is 153 Å². The summed E-state index contributed by atoms with van der Waals surface area (Å²) < 4.78 is 43.4. The van der Waals surface area contributed by atoms with Crippen LogP contribution in [0.4, 0.5) is 13.2 Å². The van der Waals surface area contributed by atoms with Crippen LogP contribution in [0.5, 0.6) is 0 Å². The first-order valence-electron chi connectivity index (χ1n) is 8.28. The van der Waals surface area contributed by atoms with Crippen LogP contribution in [0.15, 0.2) is 48.5 Å². The molecule has 2 aromatic carbocycles. The van der Waals surface area contributed by atoms with E-state index >= 15 is 0 Å². The highest BCUT2D eigenvalue weighted by molar-refractivity contribution is 5.75. The largest absolute Gasteiger partial charge is 0.480 e. The van der Waals surface area contributed by atoms with Crippen LogP contribution in [-0.2, 0) is 22.3 Å². The van der Waals surface area contributed by atoms with Crippen LogP contribution in [0.3, 0.4) is 0 Å². The molecule has 1 aliphatic rings. The average molecular weight is 381 g/mol. The van der Waals surface area contributed by atoms with Crippen LogP contribution in [0.2, 0.25) is 0 Å². The van der Waals surface area contributed by atoms with Crippen LogP contribution in [0, 0.1) is 0 Å². The first-order chi connectivity index (χ1) is 12.8. The lowest BCUT2D eigenvalue weighted by atomic mass is 10.0. The first-order valence-corrected chi connectivity index (χ1v) is 8.28. The summed E-state index contributed by atoms with van der Waals surface area (Å²) in [5.41, 5.74) is 1.53. The third kappa shape index (κ3) is 4.47. The molecule has 1 heterocycles. The van der Waals surface area contributed by atoms with E-state index in [-0.39, 0.29) is 13.2 Å². The van der Waals surface area contributed by atoms with Gasteiger partial charge >= 0.3 is 12.1 Å². The molecule has 27 heavy (non-hydrogen) atoms. The number of nitrogens with one attached hydrogen (secondary N) is 1. The zero-order valence-corrected chi connectivity index (χ0v) is 14.1. The van der Waals surface area contributed by atoms with Gasteiger partial charge in [0.2, 0.25) is 0 Å². The lowest BCUT2D eigenvalue weighted by Crippen LogP contribution is -2.40. The smallest absolute Gasteiger partial charge is 0.416 e. The van der Waals surface area contributed by atoms with Crippen molar-refractivity contribution in [2.45, 2.75) is 31.0 Å². The zero-order valence-electron chi connectivity index (χ0n) is 14.1. The van der Waals surface area contributed by atoms with Gasteiger partial charge in [0, 0.05) is 6.54 Å². The number of aliphatic carboxylic acids is 1. The monoisotopic (exact) mass is 381 g/mol. The van der Waals surface area contributed by atoms with Gasteiger partial charge in [0.05, 0.1) is 18.3 Å². The Balaban J connectivity index is 1.60. The van der Waals surface area contributed by atoms with E-state index in [2.05, 4.69) is 5.32 Å². The molecule has 3 rings (SSSR count). The number of halogens is 3. The molecule has 0 bridgehead atoms. The zero-order chi connectivity index (χ0) is 19.6. The van der Waals surface area contributed by atoms with Crippen molar-refractivity contribution in [3.8, 4) is 11.1 Å². The third-order valence-corrected chi connectivity index (χ3v) is 4.49. The van der Waals surface area contributed by atoms with Gasteiger partial charge in [-0.1, -0.05) is 36.4 Å². The molecule has 0 unspecified atom stereocenters. The molecular weight excluding hydrogens is 363 g/mol. The fraction of sp³-hybridized carbons (Fsp3) is 0.316. The molecule has 0 saturated carbocycles.